The lowest BCUT2D eigenvalue weighted by Crippen LogP contribution is -2.19. The van der Waals surface area contributed by atoms with E-state index in [1.807, 2.05) is 6.07 Å². The van der Waals surface area contributed by atoms with E-state index in [0.29, 0.717) is 22.1 Å². The number of anilines is 2. The van der Waals surface area contributed by atoms with Crippen LogP contribution in [0.4, 0.5) is 11.4 Å². The first kappa shape index (κ1) is 13.0. The zero-order chi connectivity index (χ0) is 13.8. The van der Waals surface area contributed by atoms with Crippen LogP contribution in [0.1, 0.15) is 5.69 Å². The van der Waals surface area contributed by atoms with Crippen molar-refractivity contribution in [3.63, 3.8) is 0 Å². The molecule has 1 aromatic carbocycles. The summed E-state index contributed by atoms with van der Waals surface area (Å²) < 4.78 is 1.55. The van der Waals surface area contributed by atoms with Crippen LogP contribution in [-0.4, -0.2) is 10.5 Å². The summed E-state index contributed by atoms with van der Waals surface area (Å²) in [5.74, 6) is -0.278. The molecule has 2 aromatic rings. The number of halogens is 1. The van der Waals surface area contributed by atoms with Crippen molar-refractivity contribution in [1.82, 2.24) is 4.57 Å². The average molecular weight is 275 g/mol. The number of hydrogen-bond acceptors (Lipinski definition) is 3. The quantitative estimate of drug-likeness (QED) is 0.842. The first-order valence-corrected chi connectivity index (χ1v) is 5.88. The second-order valence-corrected chi connectivity index (χ2v) is 4.33. The smallest absolute Gasteiger partial charge is 0.244 e. The fourth-order valence-electron chi connectivity index (χ4n) is 1.64. The van der Waals surface area contributed by atoms with Crippen molar-refractivity contribution in [2.75, 3.05) is 11.1 Å². The van der Waals surface area contributed by atoms with Gasteiger partial charge in [0.2, 0.25) is 5.91 Å². The summed E-state index contributed by atoms with van der Waals surface area (Å²) in [6.07, 6.45) is 1.67. The van der Waals surface area contributed by atoms with Crippen LogP contribution in [0, 0.1) is 11.3 Å². The minimum Gasteiger partial charge on any atom is -0.399 e. The largest absolute Gasteiger partial charge is 0.399 e. The second kappa shape index (κ2) is 5.46. The van der Waals surface area contributed by atoms with Gasteiger partial charge in [0, 0.05) is 11.9 Å². The van der Waals surface area contributed by atoms with Gasteiger partial charge in [-0.3, -0.25) is 4.79 Å². The molecule has 0 saturated heterocycles. The number of nitrogens with one attached hydrogen (secondary N) is 1. The van der Waals surface area contributed by atoms with E-state index >= 15 is 0 Å². The number of nitriles is 1. The zero-order valence-corrected chi connectivity index (χ0v) is 10.7. The van der Waals surface area contributed by atoms with Gasteiger partial charge in [-0.1, -0.05) is 11.6 Å². The number of nitrogen functional groups attached to an aromatic ring is 1. The summed E-state index contributed by atoms with van der Waals surface area (Å²) in [6.45, 7) is 0.0427. The van der Waals surface area contributed by atoms with Gasteiger partial charge in [0.25, 0.3) is 0 Å². The molecule has 3 N–H and O–H groups in total. The Labute approximate surface area is 115 Å². The molecule has 0 aliphatic rings. The number of hydrogen-bond donors (Lipinski definition) is 2. The minimum atomic E-state index is -0.278. The number of nitrogens with two attached hydrogens (primary N) is 1. The molecule has 0 atom stereocenters. The van der Waals surface area contributed by atoms with E-state index in [0.717, 1.165) is 0 Å². The number of benzene rings is 1. The molecule has 0 aliphatic carbocycles. The molecular formula is C13H11ClN4O. The maximum atomic E-state index is 11.9. The van der Waals surface area contributed by atoms with Gasteiger partial charge in [0.15, 0.2) is 0 Å². The summed E-state index contributed by atoms with van der Waals surface area (Å²) >= 11 is 5.95. The molecule has 5 nitrogen and oxygen atoms in total. The molecule has 2 rings (SSSR count). The lowest BCUT2D eigenvalue weighted by atomic mass is 10.3. The molecule has 0 fully saturated rings. The van der Waals surface area contributed by atoms with Crippen molar-refractivity contribution < 1.29 is 4.79 Å². The van der Waals surface area contributed by atoms with Crippen molar-refractivity contribution >= 4 is 28.9 Å². The fourth-order valence-corrected chi connectivity index (χ4v) is 1.80. The summed E-state index contributed by atoms with van der Waals surface area (Å²) in [6, 6.07) is 10.2. The first-order valence-electron chi connectivity index (χ1n) is 5.50. The lowest BCUT2D eigenvalue weighted by Gasteiger charge is -2.09. The van der Waals surface area contributed by atoms with Gasteiger partial charge in [0.1, 0.15) is 18.3 Å². The van der Waals surface area contributed by atoms with E-state index in [-0.39, 0.29) is 12.5 Å². The molecule has 0 unspecified atom stereocenters. The molecule has 0 aliphatic heterocycles. The van der Waals surface area contributed by atoms with Crippen LogP contribution in [0.2, 0.25) is 5.02 Å². The third kappa shape index (κ3) is 3.06. The summed E-state index contributed by atoms with van der Waals surface area (Å²) in [7, 11) is 0. The predicted octanol–water partition coefficient (Wildman–Crippen LogP) is 2.23. The van der Waals surface area contributed by atoms with E-state index in [2.05, 4.69) is 5.32 Å². The highest BCUT2D eigenvalue weighted by atomic mass is 35.5. The van der Waals surface area contributed by atoms with Crippen LogP contribution in [0.25, 0.3) is 0 Å². The Hall–Kier alpha value is -2.45. The van der Waals surface area contributed by atoms with Crippen LogP contribution in [-0.2, 0) is 11.3 Å². The zero-order valence-electron chi connectivity index (χ0n) is 9.93. The van der Waals surface area contributed by atoms with Gasteiger partial charge in [-0.25, -0.2) is 0 Å². The number of aromatic nitrogens is 1. The van der Waals surface area contributed by atoms with E-state index in [9.17, 15) is 4.79 Å². The number of rotatable bonds is 3. The van der Waals surface area contributed by atoms with Crippen molar-refractivity contribution in [3.8, 4) is 6.07 Å². The van der Waals surface area contributed by atoms with Crippen LogP contribution in [0.15, 0.2) is 36.5 Å². The minimum absolute atomic E-state index is 0.0427. The van der Waals surface area contributed by atoms with Gasteiger partial charge >= 0.3 is 0 Å². The number of carbonyl (C=O) groups excluding carboxylic acids is 1. The van der Waals surface area contributed by atoms with E-state index in [1.54, 1.807) is 41.1 Å². The highest BCUT2D eigenvalue weighted by Crippen LogP contribution is 2.24. The molecule has 0 saturated carbocycles. The van der Waals surface area contributed by atoms with E-state index in [4.69, 9.17) is 22.6 Å². The Bertz CT molecular complexity index is 657. The van der Waals surface area contributed by atoms with Crippen LogP contribution in [0.3, 0.4) is 0 Å². The Morgan fingerprint density at radius 2 is 2.26 bits per heavy atom. The van der Waals surface area contributed by atoms with Crippen molar-refractivity contribution in [1.29, 1.82) is 5.26 Å². The monoisotopic (exact) mass is 274 g/mol. The van der Waals surface area contributed by atoms with Gasteiger partial charge < -0.3 is 15.6 Å². The topological polar surface area (TPSA) is 83.8 Å². The Morgan fingerprint density at radius 3 is 3.00 bits per heavy atom. The maximum Gasteiger partial charge on any atom is 0.244 e. The number of carbonyl (C=O) groups is 1. The Morgan fingerprint density at radius 1 is 1.47 bits per heavy atom. The first-order chi connectivity index (χ1) is 9.10. The highest BCUT2D eigenvalue weighted by Gasteiger charge is 2.08. The predicted molar refractivity (Wildman–Crippen MR) is 73.6 cm³/mol. The Balaban J connectivity index is 2.10. The third-order valence-electron chi connectivity index (χ3n) is 2.52. The highest BCUT2D eigenvalue weighted by molar-refractivity contribution is 6.33. The van der Waals surface area contributed by atoms with Crippen molar-refractivity contribution in [3.05, 3.63) is 47.2 Å². The number of amides is 1. The molecule has 6 heteroatoms. The second-order valence-electron chi connectivity index (χ2n) is 3.92. The van der Waals surface area contributed by atoms with Crippen LogP contribution >= 0.6 is 11.6 Å². The maximum absolute atomic E-state index is 11.9. The molecule has 0 spiro atoms. The van der Waals surface area contributed by atoms with Gasteiger partial charge in [-0.2, -0.15) is 5.26 Å². The molecular weight excluding hydrogens is 264 g/mol. The summed E-state index contributed by atoms with van der Waals surface area (Å²) in [5.41, 5.74) is 7.02. The van der Waals surface area contributed by atoms with Crippen LogP contribution < -0.4 is 11.1 Å². The molecule has 96 valence electrons. The number of nitrogens with zero attached hydrogens (tertiary/aromatic N) is 2. The molecule has 1 heterocycles. The summed E-state index contributed by atoms with van der Waals surface area (Å²) in [5, 5.41) is 11.9. The normalized spacial score (nSPS) is 9.89. The standard InChI is InChI=1S/C13H11ClN4O/c14-11-4-3-9(16)6-12(11)17-13(19)8-18-5-1-2-10(18)7-15/h1-6H,8,16H2,(H,17,19). The Kier molecular flexibility index (Phi) is 3.74. The fraction of sp³-hybridized carbons (Fsp3) is 0.0769. The van der Waals surface area contributed by atoms with E-state index < -0.39 is 0 Å². The van der Waals surface area contributed by atoms with Crippen LogP contribution in [0.5, 0.6) is 0 Å². The molecule has 0 bridgehead atoms. The molecule has 19 heavy (non-hydrogen) atoms. The van der Waals surface area contributed by atoms with Crippen molar-refractivity contribution in [2.24, 2.45) is 0 Å². The van der Waals surface area contributed by atoms with E-state index in [1.165, 1.54) is 0 Å². The van der Waals surface area contributed by atoms with Crippen molar-refractivity contribution in [2.45, 2.75) is 6.54 Å². The SMILES string of the molecule is N#Cc1cccn1CC(=O)Nc1cc(N)ccc1Cl. The third-order valence-corrected chi connectivity index (χ3v) is 2.85. The van der Waals surface area contributed by atoms with Gasteiger partial charge in [-0.05, 0) is 30.3 Å². The van der Waals surface area contributed by atoms with Gasteiger partial charge in [0.05, 0.1) is 10.7 Å². The molecule has 1 aromatic heterocycles. The average Bonchev–Trinajstić information content (AvgIpc) is 2.81. The van der Waals surface area contributed by atoms with Gasteiger partial charge in [-0.15, -0.1) is 0 Å². The summed E-state index contributed by atoms with van der Waals surface area (Å²) in [4.78, 5) is 11.9. The molecule has 0 radical (unpaired) electrons. The molecule has 1 amide bonds. The lowest BCUT2D eigenvalue weighted by molar-refractivity contribution is -0.116.